The third kappa shape index (κ3) is 2.03. The van der Waals surface area contributed by atoms with Gasteiger partial charge in [-0.3, -0.25) is 0 Å². The lowest BCUT2D eigenvalue weighted by molar-refractivity contribution is 0.559. The summed E-state index contributed by atoms with van der Waals surface area (Å²) in [5.41, 5.74) is 17.6. The first-order chi connectivity index (χ1) is 16.4. The van der Waals surface area contributed by atoms with Crippen molar-refractivity contribution in [2.24, 2.45) is 11.8 Å². The number of hydrogen-bond donors (Lipinski definition) is 0. The molecule has 6 aliphatic carbocycles. The minimum absolute atomic E-state index is 0.0133. The molecule has 0 spiro atoms. The fourth-order valence-electron chi connectivity index (χ4n) is 7.69. The van der Waals surface area contributed by atoms with Crippen LogP contribution >= 0.6 is 0 Å². The highest BCUT2D eigenvalue weighted by Crippen LogP contribution is 2.61. The minimum Gasteiger partial charge on any atom is -0.0619 e. The van der Waals surface area contributed by atoms with E-state index in [1.54, 1.807) is 0 Å². The molecule has 2 aromatic carbocycles. The molecule has 34 heavy (non-hydrogen) atoms. The fourth-order valence-corrected chi connectivity index (χ4v) is 7.69. The lowest BCUT2D eigenvalue weighted by Crippen LogP contribution is -2.30. The summed E-state index contributed by atoms with van der Waals surface area (Å²) in [6.07, 6.45) is 18.9. The van der Waals surface area contributed by atoms with Crippen LogP contribution in [0.3, 0.4) is 0 Å². The Kier molecular flexibility index (Phi) is 3.24. The number of hydrogen-bond acceptors (Lipinski definition) is 0. The van der Waals surface area contributed by atoms with Gasteiger partial charge in [-0.05, 0) is 79.0 Å². The van der Waals surface area contributed by atoms with Crippen LogP contribution in [-0.4, -0.2) is 0 Å². The Morgan fingerprint density at radius 1 is 0.618 bits per heavy atom. The molecule has 2 atom stereocenters. The molecule has 0 heteroatoms. The van der Waals surface area contributed by atoms with Gasteiger partial charge in [-0.1, -0.05) is 101 Å². The van der Waals surface area contributed by atoms with Crippen molar-refractivity contribution in [3.8, 4) is 11.1 Å². The number of allylic oxidation sites excluding steroid dienone is 14. The van der Waals surface area contributed by atoms with Gasteiger partial charge in [-0.15, -0.1) is 0 Å². The molecule has 0 fully saturated rings. The van der Waals surface area contributed by atoms with Crippen LogP contribution in [0.4, 0.5) is 0 Å². The van der Waals surface area contributed by atoms with E-state index in [1.807, 2.05) is 0 Å². The van der Waals surface area contributed by atoms with Crippen LogP contribution in [0.15, 0.2) is 113 Å². The molecule has 2 aromatic rings. The molecule has 0 saturated carbocycles. The van der Waals surface area contributed by atoms with Crippen LogP contribution in [0.1, 0.15) is 49.9 Å². The first-order valence-corrected chi connectivity index (χ1v) is 12.6. The lowest BCUT2D eigenvalue weighted by Gasteiger charge is -2.42. The van der Waals surface area contributed by atoms with E-state index in [0.717, 1.165) is 0 Å². The zero-order valence-corrected chi connectivity index (χ0v) is 20.2. The van der Waals surface area contributed by atoms with Crippen LogP contribution < -0.4 is 0 Å². The van der Waals surface area contributed by atoms with Crippen LogP contribution in [0.2, 0.25) is 0 Å². The fraction of sp³-hybridized carbons (Fsp3) is 0.235. The molecule has 0 nitrogen and oxygen atoms in total. The maximum atomic E-state index is 2.56. The molecule has 0 amide bonds. The maximum Gasteiger partial charge on any atom is 0.0205 e. The molecule has 2 unspecified atom stereocenters. The van der Waals surface area contributed by atoms with Gasteiger partial charge in [-0.25, -0.2) is 0 Å². The summed E-state index contributed by atoms with van der Waals surface area (Å²) in [5, 5.41) is 0. The summed E-state index contributed by atoms with van der Waals surface area (Å²) < 4.78 is 0. The minimum atomic E-state index is -0.0133. The van der Waals surface area contributed by atoms with Crippen molar-refractivity contribution in [2.45, 2.75) is 38.5 Å². The molecule has 0 N–H and O–H groups in total. The van der Waals surface area contributed by atoms with Crippen molar-refractivity contribution >= 4 is 5.57 Å². The zero-order chi connectivity index (χ0) is 23.0. The quantitative estimate of drug-likeness (QED) is 0.391. The second-order valence-electron chi connectivity index (χ2n) is 11.8. The molecule has 0 heterocycles. The smallest absolute Gasteiger partial charge is 0.0205 e. The summed E-state index contributed by atoms with van der Waals surface area (Å²) in [4.78, 5) is 0. The highest BCUT2D eigenvalue weighted by atomic mass is 14.5. The SMILES string of the molecule is CC1(C)C2=CC3=CC=C4C=CC=C5C=CC(=C2c2cc6c(cc21)-c1ccccc1C6(C)C)C3C54. The van der Waals surface area contributed by atoms with Gasteiger partial charge in [0.05, 0.1) is 0 Å². The van der Waals surface area contributed by atoms with E-state index < -0.39 is 0 Å². The van der Waals surface area contributed by atoms with E-state index in [2.05, 4.69) is 113 Å². The molecular weight excluding hydrogens is 408 g/mol. The molecule has 0 radical (unpaired) electrons. The van der Waals surface area contributed by atoms with Crippen LogP contribution in [0, 0.1) is 11.8 Å². The van der Waals surface area contributed by atoms with Gasteiger partial charge < -0.3 is 0 Å². The Morgan fingerprint density at radius 3 is 2.24 bits per heavy atom. The monoisotopic (exact) mass is 436 g/mol. The van der Waals surface area contributed by atoms with E-state index in [9.17, 15) is 0 Å². The van der Waals surface area contributed by atoms with Gasteiger partial charge in [0, 0.05) is 22.7 Å². The summed E-state index contributed by atoms with van der Waals surface area (Å²) in [6, 6.07) is 14.1. The van der Waals surface area contributed by atoms with Crippen molar-refractivity contribution < 1.29 is 0 Å². The first-order valence-electron chi connectivity index (χ1n) is 12.6. The van der Waals surface area contributed by atoms with Crippen molar-refractivity contribution in [1.29, 1.82) is 0 Å². The van der Waals surface area contributed by atoms with Gasteiger partial charge >= 0.3 is 0 Å². The van der Waals surface area contributed by atoms with E-state index in [4.69, 9.17) is 0 Å². The molecule has 8 rings (SSSR count). The average Bonchev–Trinajstić information content (AvgIpc) is 3.21. The Morgan fingerprint density at radius 2 is 1.35 bits per heavy atom. The summed E-state index contributed by atoms with van der Waals surface area (Å²) in [7, 11) is 0. The standard InChI is InChI=1S/C34H28/c1-33(2)26-11-6-5-10-22(26)24-17-28-25(18-27(24)33)32-23-15-14-20-9-7-8-19-12-13-21(31(23)30(19)20)16-29(32)34(28,3)4/h5-18,30-31H,1-4H3. The normalized spacial score (nSPS) is 27.1. The maximum absolute atomic E-state index is 2.56. The number of rotatable bonds is 0. The molecule has 0 saturated heterocycles. The van der Waals surface area contributed by atoms with Gasteiger partial charge in [0.1, 0.15) is 0 Å². The van der Waals surface area contributed by atoms with Gasteiger partial charge in [0.25, 0.3) is 0 Å². The second kappa shape index (κ2) is 5.81. The summed E-state index contributed by atoms with van der Waals surface area (Å²) in [6.45, 7) is 9.64. The van der Waals surface area contributed by atoms with Gasteiger partial charge in [0.15, 0.2) is 0 Å². The average molecular weight is 437 g/mol. The predicted molar refractivity (Wildman–Crippen MR) is 142 cm³/mol. The number of fused-ring (bicyclic) bond motifs is 6. The van der Waals surface area contributed by atoms with Crippen molar-refractivity contribution in [3.63, 3.8) is 0 Å². The zero-order valence-electron chi connectivity index (χ0n) is 20.2. The molecule has 0 bridgehead atoms. The topological polar surface area (TPSA) is 0 Å². The Bertz CT molecular complexity index is 1580. The molecule has 164 valence electrons. The third-order valence-electron chi connectivity index (χ3n) is 9.45. The Balaban J connectivity index is 1.44. The third-order valence-corrected chi connectivity index (χ3v) is 9.45. The Labute approximate surface area is 202 Å². The van der Waals surface area contributed by atoms with E-state index in [-0.39, 0.29) is 10.8 Å². The summed E-state index contributed by atoms with van der Waals surface area (Å²) >= 11 is 0. The highest BCUT2D eigenvalue weighted by Gasteiger charge is 2.48. The van der Waals surface area contributed by atoms with Crippen molar-refractivity contribution in [1.82, 2.24) is 0 Å². The first kappa shape index (κ1) is 19.0. The van der Waals surface area contributed by atoms with E-state index >= 15 is 0 Å². The highest BCUT2D eigenvalue weighted by molar-refractivity contribution is 5.98. The molecular formula is C34H28. The van der Waals surface area contributed by atoms with Gasteiger partial charge in [-0.2, -0.15) is 0 Å². The Hall–Kier alpha value is -3.38. The number of benzene rings is 2. The molecule has 6 aliphatic rings. The molecule has 0 aliphatic heterocycles. The van der Waals surface area contributed by atoms with Crippen LogP contribution in [-0.2, 0) is 10.8 Å². The predicted octanol–water partition coefficient (Wildman–Crippen LogP) is 8.14. The summed E-state index contributed by atoms with van der Waals surface area (Å²) in [5.74, 6) is 0.887. The van der Waals surface area contributed by atoms with E-state index in [1.165, 1.54) is 66.8 Å². The lowest BCUT2D eigenvalue weighted by atomic mass is 9.61. The van der Waals surface area contributed by atoms with E-state index in [0.29, 0.717) is 11.8 Å². The van der Waals surface area contributed by atoms with Crippen molar-refractivity contribution in [2.75, 3.05) is 0 Å². The van der Waals surface area contributed by atoms with Crippen LogP contribution in [0.25, 0.3) is 16.7 Å². The largest absolute Gasteiger partial charge is 0.0619 e. The molecule has 0 aromatic heterocycles. The van der Waals surface area contributed by atoms with Crippen molar-refractivity contribution in [3.05, 3.63) is 135 Å². The van der Waals surface area contributed by atoms with Crippen LogP contribution in [0.5, 0.6) is 0 Å². The second-order valence-corrected chi connectivity index (χ2v) is 11.8. The van der Waals surface area contributed by atoms with Gasteiger partial charge in [0.2, 0.25) is 0 Å².